The van der Waals surface area contributed by atoms with Gasteiger partial charge >= 0.3 is 0 Å². The highest BCUT2D eigenvalue weighted by Crippen LogP contribution is 2.28. The number of hydrogen-bond acceptors (Lipinski definition) is 4. The number of ether oxygens (including phenoxy) is 1. The summed E-state index contributed by atoms with van der Waals surface area (Å²) in [4.78, 5) is 4.55. The quantitative estimate of drug-likeness (QED) is 0.863. The second kappa shape index (κ2) is 6.86. The second-order valence-corrected chi connectivity index (χ2v) is 5.97. The Balaban J connectivity index is 2.06. The molecule has 4 heteroatoms. The Bertz CT molecular complexity index is 551. The van der Waals surface area contributed by atoms with E-state index in [1.807, 2.05) is 36.6 Å². The summed E-state index contributed by atoms with van der Waals surface area (Å²) in [7, 11) is 0. The van der Waals surface area contributed by atoms with Crippen LogP contribution in [0.25, 0.3) is 0 Å². The zero-order valence-corrected chi connectivity index (χ0v) is 13.0. The van der Waals surface area contributed by atoms with Crippen molar-refractivity contribution in [2.24, 2.45) is 0 Å². The summed E-state index contributed by atoms with van der Waals surface area (Å²) >= 11 is 1.67. The number of aliphatic hydroxyl groups excluding tert-OH is 1. The lowest BCUT2D eigenvalue weighted by molar-refractivity contribution is 0.166. The molecule has 0 bridgehead atoms. The first-order chi connectivity index (χ1) is 9.61. The molecule has 2 rings (SSSR count). The second-order valence-electron chi connectivity index (χ2n) is 5.08. The highest BCUT2D eigenvalue weighted by Gasteiger charge is 2.12. The average Bonchev–Trinajstić information content (AvgIpc) is 2.93. The van der Waals surface area contributed by atoms with Crippen molar-refractivity contribution in [1.29, 1.82) is 0 Å². The Labute approximate surface area is 124 Å². The van der Waals surface area contributed by atoms with Gasteiger partial charge in [0.25, 0.3) is 0 Å². The van der Waals surface area contributed by atoms with E-state index < -0.39 is 6.10 Å². The normalized spacial score (nSPS) is 12.7. The van der Waals surface area contributed by atoms with Gasteiger partial charge in [-0.1, -0.05) is 39.0 Å². The van der Waals surface area contributed by atoms with Crippen molar-refractivity contribution >= 4 is 11.3 Å². The molecule has 0 aliphatic heterocycles. The smallest absolute Gasteiger partial charge is 0.131 e. The molecule has 1 N–H and O–H groups in total. The van der Waals surface area contributed by atoms with Crippen LogP contribution in [0.4, 0.5) is 0 Å². The first-order valence-electron chi connectivity index (χ1n) is 6.96. The molecular formula is C16H21NO2S. The van der Waals surface area contributed by atoms with Gasteiger partial charge in [0.15, 0.2) is 0 Å². The fourth-order valence-corrected chi connectivity index (χ4v) is 2.73. The minimum Gasteiger partial charge on any atom is -0.487 e. The van der Waals surface area contributed by atoms with E-state index in [4.69, 9.17) is 4.74 Å². The van der Waals surface area contributed by atoms with Crippen LogP contribution >= 0.6 is 11.3 Å². The third kappa shape index (κ3) is 3.58. The predicted molar refractivity (Wildman–Crippen MR) is 82.2 cm³/mol. The fraction of sp³-hybridized carbons (Fsp3) is 0.438. The topological polar surface area (TPSA) is 42.4 Å². The maximum Gasteiger partial charge on any atom is 0.131 e. The zero-order valence-electron chi connectivity index (χ0n) is 12.2. The SMILES string of the molecule is CC[C@@H](O)c1ccccc1OCc1csc(C(C)C)n1. The van der Waals surface area contributed by atoms with Crippen LogP contribution in [0, 0.1) is 0 Å². The lowest BCUT2D eigenvalue weighted by atomic mass is 10.1. The number of aromatic nitrogens is 1. The van der Waals surface area contributed by atoms with E-state index in [-0.39, 0.29) is 0 Å². The first-order valence-corrected chi connectivity index (χ1v) is 7.83. The maximum absolute atomic E-state index is 9.99. The van der Waals surface area contributed by atoms with Gasteiger partial charge in [0, 0.05) is 16.9 Å². The molecule has 0 spiro atoms. The van der Waals surface area contributed by atoms with Crippen molar-refractivity contribution < 1.29 is 9.84 Å². The molecule has 0 amide bonds. The predicted octanol–water partition coefficient (Wildman–Crippen LogP) is 4.29. The molecule has 108 valence electrons. The minimum absolute atomic E-state index is 0.441. The number of benzene rings is 1. The van der Waals surface area contributed by atoms with Crippen molar-refractivity contribution in [3.63, 3.8) is 0 Å². The molecule has 1 aromatic carbocycles. The zero-order chi connectivity index (χ0) is 14.5. The molecule has 0 fully saturated rings. The summed E-state index contributed by atoms with van der Waals surface area (Å²) in [5.41, 5.74) is 1.79. The monoisotopic (exact) mass is 291 g/mol. The Morgan fingerprint density at radius 1 is 1.30 bits per heavy atom. The molecule has 1 heterocycles. The van der Waals surface area contributed by atoms with Gasteiger partial charge in [0.2, 0.25) is 0 Å². The summed E-state index contributed by atoms with van der Waals surface area (Å²) < 4.78 is 5.82. The van der Waals surface area contributed by atoms with Crippen LogP contribution in [0.3, 0.4) is 0 Å². The van der Waals surface area contributed by atoms with Crippen molar-refractivity contribution in [2.45, 2.75) is 45.8 Å². The third-order valence-electron chi connectivity index (χ3n) is 3.10. The lowest BCUT2D eigenvalue weighted by Crippen LogP contribution is -2.02. The largest absolute Gasteiger partial charge is 0.487 e. The van der Waals surface area contributed by atoms with Gasteiger partial charge in [-0.05, 0) is 12.5 Å². The Kier molecular flexibility index (Phi) is 5.15. The van der Waals surface area contributed by atoms with Gasteiger partial charge in [0.05, 0.1) is 16.8 Å². The van der Waals surface area contributed by atoms with E-state index in [2.05, 4.69) is 18.8 Å². The van der Waals surface area contributed by atoms with Crippen LogP contribution in [0.5, 0.6) is 5.75 Å². The van der Waals surface area contributed by atoms with Crippen LogP contribution in [0.2, 0.25) is 0 Å². The van der Waals surface area contributed by atoms with Gasteiger partial charge in [-0.2, -0.15) is 0 Å². The number of aliphatic hydroxyl groups is 1. The van der Waals surface area contributed by atoms with Crippen LogP contribution in [0.15, 0.2) is 29.6 Å². The van der Waals surface area contributed by atoms with Gasteiger partial charge < -0.3 is 9.84 Å². The van der Waals surface area contributed by atoms with E-state index in [9.17, 15) is 5.11 Å². The number of thiazole rings is 1. The molecule has 1 atom stereocenters. The number of rotatable bonds is 6. The Morgan fingerprint density at radius 3 is 2.70 bits per heavy atom. The van der Waals surface area contributed by atoms with Gasteiger partial charge in [-0.3, -0.25) is 0 Å². The summed E-state index contributed by atoms with van der Waals surface area (Å²) in [5.74, 6) is 1.18. The number of para-hydroxylation sites is 1. The van der Waals surface area contributed by atoms with Crippen molar-refractivity contribution in [3.05, 3.63) is 45.9 Å². The van der Waals surface area contributed by atoms with Crippen molar-refractivity contribution in [2.75, 3.05) is 0 Å². The minimum atomic E-state index is -0.479. The molecule has 1 aromatic heterocycles. The standard InChI is InChI=1S/C16H21NO2S/c1-4-14(18)13-7-5-6-8-15(13)19-9-12-10-20-16(17-12)11(2)3/h5-8,10-11,14,18H,4,9H2,1-3H3/t14-/m1/s1. The third-order valence-corrected chi connectivity index (χ3v) is 4.30. The molecule has 3 nitrogen and oxygen atoms in total. The summed E-state index contributed by atoms with van der Waals surface area (Å²) in [6, 6.07) is 7.64. The number of nitrogens with zero attached hydrogens (tertiary/aromatic N) is 1. The van der Waals surface area contributed by atoms with E-state index in [0.29, 0.717) is 18.9 Å². The molecule has 0 radical (unpaired) electrons. The molecule has 0 saturated carbocycles. The summed E-state index contributed by atoms with van der Waals surface area (Å²) in [5, 5.41) is 13.2. The molecule has 0 saturated heterocycles. The Morgan fingerprint density at radius 2 is 2.05 bits per heavy atom. The molecule has 2 aromatic rings. The first kappa shape index (κ1) is 15.0. The van der Waals surface area contributed by atoms with Crippen LogP contribution in [0.1, 0.15) is 55.5 Å². The van der Waals surface area contributed by atoms with Crippen LogP contribution in [-0.4, -0.2) is 10.1 Å². The van der Waals surface area contributed by atoms with Crippen molar-refractivity contribution in [1.82, 2.24) is 4.98 Å². The lowest BCUT2D eigenvalue weighted by Gasteiger charge is -2.14. The van der Waals surface area contributed by atoms with Crippen LogP contribution < -0.4 is 4.74 Å². The van der Waals surface area contributed by atoms with Gasteiger partial charge in [-0.25, -0.2) is 4.98 Å². The molecule has 0 aliphatic carbocycles. The summed E-state index contributed by atoms with van der Waals surface area (Å²) in [6.07, 6.45) is 0.196. The van der Waals surface area contributed by atoms with Crippen molar-refractivity contribution in [3.8, 4) is 5.75 Å². The maximum atomic E-state index is 9.99. The molecule has 0 unspecified atom stereocenters. The van der Waals surface area contributed by atoms with Gasteiger partial charge in [0.1, 0.15) is 12.4 Å². The van der Waals surface area contributed by atoms with E-state index in [0.717, 1.165) is 22.0 Å². The highest BCUT2D eigenvalue weighted by atomic mass is 32.1. The fourth-order valence-electron chi connectivity index (χ4n) is 1.91. The average molecular weight is 291 g/mol. The molecule has 0 aliphatic rings. The summed E-state index contributed by atoms with van der Waals surface area (Å²) in [6.45, 7) is 6.67. The Hall–Kier alpha value is -1.39. The molecular weight excluding hydrogens is 270 g/mol. The van der Waals surface area contributed by atoms with E-state index in [1.54, 1.807) is 11.3 Å². The van der Waals surface area contributed by atoms with E-state index >= 15 is 0 Å². The highest BCUT2D eigenvalue weighted by molar-refractivity contribution is 7.09. The van der Waals surface area contributed by atoms with Gasteiger partial charge in [-0.15, -0.1) is 11.3 Å². The number of hydrogen-bond donors (Lipinski definition) is 1. The van der Waals surface area contributed by atoms with E-state index in [1.165, 1.54) is 0 Å². The molecule has 20 heavy (non-hydrogen) atoms. The van der Waals surface area contributed by atoms with Crippen LogP contribution in [-0.2, 0) is 6.61 Å².